The molecule has 0 saturated heterocycles. The molecule has 0 spiro atoms. The summed E-state index contributed by atoms with van der Waals surface area (Å²) in [6, 6.07) is 85.1. The summed E-state index contributed by atoms with van der Waals surface area (Å²) < 4.78 is 50.5. The Morgan fingerprint density at radius 1 is 0.300 bits per heavy atom. The third-order valence-corrected chi connectivity index (χ3v) is 15.6. The van der Waals surface area contributed by atoms with Crippen LogP contribution in [0.3, 0.4) is 0 Å². The standard InChI is InChI=1S/C71H45F3N6/c1-44-28-30-45(31-29-44)57-40-49(70-76-68(47-16-4-2-5-17-47)75-69(77-70)48-18-6-3-7-19-48)41-58(46-32-34-50(35-33-46)71(72,73)74)67(57)80-65-38-36-51(78-61-24-12-8-20-53(61)54-21-9-13-25-62(54)78)42-59(65)60-43-52(37-39-66(60)80)79-63-26-14-10-22-55(63)56-23-11-15-27-64(56)79/h2-43H,1H3. The molecule has 0 bridgehead atoms. The van der Waals surface area contributed by atoms with Crippen LogP contribution in [0.1, 0.15) is 11.1 Å². The minimum Gasteiger partial charge on any atom is -0.309 e. The molecular formula is C71H45F3N6. The van der Waals surface area contributed by atoms with E-state index in [2.05, 4.69) is 184 Å². The molecule has 0 atom stereocenters. The van der Waals surface area contributed by atoms with E-state index in [9.17, 15) is 13.2 Å². The van der Waals surface area contributed by atoms with Crippen molar-refractivity contribution in [3.63, 3.8) is 0 Å². The first kappa shape index (κ1) is 46.9. The van der Waals surface area contributed by atoms with Crippen molar-refractivity contribution >= 4 is 65.4 Å². The van der Waals surface area contributed by atoms with Gasteiger partial charge >= 0.3 is 6.18 Å². The molecular weight excluding hydrogens is 994 g/mol. The number of aryl methyl sites for hydroxylation is 1. The van der Waals surface area contributed by atoms with Gasteiger partial charge in [0.05, 0.1) is 44.4 Å². The van der Waals surface area contributed by atoms with E-state index in [-0.39, 0.29) is 0 Å². The van der Waals surface area contributed by atoms with E-state index < -0.39 is 11.7 Å². The van der Waals surface area contributed by atoms with E-state index >= 15 is 0 Å². The van der Waals surface area contributed by atoms with Gasteiger partial charge in [-0.2, -0.15) is 13.2 Å². The lowest BCUT2D eigenvalue weighted by molar-refractivity contribution is -0.137. The molecule has 0 amide bonds. The van der Waals surface area contributed by atoms with Crippen molar-refractivity contribution in [3.05, 3.63) is 266 Å². The van der Waals surface area contributed by atoms with Crippen LogP contribution in [-0.2, 0) is 6.18 Å². The Hall–Kier alpha value is -10.4. The number of benzene rings is 11. The molecule has 4 heterocycles. The third-order valence-electron chi connectivity index (χ3n) is 15.6. The van der Waals surface area contributed by atoms with Gasteiger partial charge in [-0.15, -0.1) is 0 Å². The quantitative estimate of drug-likeness (QED) is 0.152. The highest BCUT2D eigenvalue weighted by atomic mass is 19.4. The Bertz CT molecular complexity index is 4580. The Balaban J connectivity index is 1.07. The zero-order valence-electron chi connectivity index (χ0n) is 43.1. The number of alkyl halides is 3. The van der Waals surface area contributed by atoms with Gasteiger partial charge < -0.3 is 13.7 Å². The highest BCUT2D eigenvalue weighted by molar-refractivity contribution is 6.15. The molecule has 0 aliphatic carbocycles. The van der Waals surface area contributed by atoms with Crippen LogP contribution in [0.2, 0.25) is 0 Å². The summed E-state index contributed by atoms with van der Waals surface area (Å²) >= 11 is 0. The van der Waals surface area contributed by atoms with Gasteiger partial charge in [0.15, 0.2) is 17.5 Å². The van der Waals surface area contributed by atoms with Crippen LogP contribution in [0.15, 0.2) is 255 Å². The van der Waals surface area contributed by atoms with Crippen LogP contribution in [0.5, 0.6) is 0 Å². The maximum absolute atomic E-state index is 14.5. The number of halogens is 3. The van der Waals surface area contributed by atoms with Crippen molar-refractivity contribution in [3.8, 4) is 73.5 Å². The van der Waals surface area contributed by atoms with E-state index in [0.717, 1.165) is 110 Å². The Morgan fingerprint density at radius 3 is 1.05 bits per heavy atom. The van der Waals surface area contributed by atoms with E-state index in [4.69, 9.17) is 15.0 Å². The average Bonchev–Trinajstić information content (AvgIpc) is 4.34. The molecule has 4 aromatic heterocycles. The van der Waals surface area contributed by atoms with Crippen LogP contribution >= 0.6 is 0 Å². The van der Waals surface area contributed by atoms with Crippen LogP contribution in [0.4, 0.5) is 13.2 Å². The van der Waals surface area contributed by atoms with E-state index in [0.29, 0.717) is 34.2 Å². The number of nitrogens with zero attached hydrogens (tertiary/aromatic N) is 6. The molecule has 0 aliphatic rings. The van der Waals surface area contributed by atoms with Crippen LogP contribution < -0.4 is 0 Å². The maximum Gasteiger partial charge on any atom is 0.416 e. The number of hydrogen-bond acceptors (Lipinski definition) is 3. The molecule has 6 nitrogen and oxygen atoms in total. The summed E-state index contributed by atoms with van der Waals surface area (Å²) in [6.07, 6.45) is -4.54. The topological polar surface area (TPSA) is 53.5 Å². The summed E-state index contributed by atoms with van der Waals surface area (Å²) in [5.41, 5.74) is 14.6. The molecule has 0 fully saturated rings. The van der Waals surface area contributed by atoms with Crippen LogP contribution in [0, 0.1) is 6.92 Å². The SMILES string of the molecule is Cc1ccc(-c2cc(-c3nc(-c4ccccc4)nc(-c4ccccc4)n3)cc(-c3ccc(C(F)(F)F)cc3)c2-n2c3ccc(-n4c5ccccc5c5ccccc54)cc3c3cc(-n4c5ccccc5c5ccccc54)ccc32)cc1. The second-order valence-corrected chi connectivity index (χ2v) is 20.4. The van der Waals surface area contributed by atoms with Gasteiger partial charge in [0, 0.05) is 71.5 Å². The zero-order chi connectivity index (χ0) is 53.6. The summed E-state index contributed by atoms with van der Waals surface area (Å²) in [6.45, 7) is 2.06. The van der Waals surface area contributed by atoms with Crippen molar-refractivity contribution in [2.24, 2.45) is 0 Å². The second kappa shape index (κ2) is 18.4. The van der Waals surface area contributed by atoms with Crippen LogP contribution in [-0.4, -0.2) is 28.7 Å². The minimum absolute atomic E-state index is 0.416. The lowest BCUT2D eigenvalue weighted by Crippen LogP contribution is -2.06. The average molecular weight is 1040 g/mol. The number of rotatable bonds is 8. The monoisotopic (exact) mass is 1040 g/mol. The lowest BCUT2D eigenvalue weighted by atomic mass is 9.91. The highest BCUT2D eigenvalue weighted by Crippen LogP contribution is 2.46. The Kier molecular flexibility index (Phi) is 10.8. The predicted molar refractivity (Wildman–Crippen MR) is 320 cm³/mol. The zero-order valence-corrected chi connectivity index (χ0v) is 43.1. The second-order valence-electron chi connectivity index (χ2n) is 20.4. The number of hydrogen-bond donors (Lipinski definition) is 0. The molecule has 0 aliphatic heterocycles. The highest BCUT2D eigenvalue weighted by Gasteiger charge is 2.31. The summed E-state index contributed by atoms with van der Waals surface area (Å²) in [5.74, 6) is 1.40. The molecule has 80 heavy (non-hydrogen) atoms. The molecule has 15 aromatic rings. The molecule has 9 heteroatoms. The molecule has 0 saturated carbocycles. The van der Waals surface area contributed by atoms with Crippen molar-refractivity contribution in [1.82, 2.24) is 28.7 Å². The van der Waals surface area contributed by atoms with Gasteiger partial charge in [0.1, 0.15) is 0 Å². The van der Waals surface area contributed by atoms with Gasteiger partial charge in [-0.3, -0.25) is 0 Å². The van der Waals surface area contributed by atoms with Gasteiger partial charge in [0.25, 0.3) is 0 Å². The number of fused-ring (bicyclic) bond motifs is 9. The number of para-hydroxylation sites is 4. The minimum atomic E-state index is -4.54. The summed E-state index contributed by atoms with van der Waals surface area (Å²) in [5, 5.41) is 6.64. The molecule has 0 N–H and O–H groups in total. The third kappa shape index (κ3) is 7.68. The van der Waals surface area contributed by atoms with E-state index in [1.54, 1.807) is 12.1 Å². The van der Waals surface area contributed by atoms with Crippen molar-refractivity contribution in [2.45, 2.75) is 13.1 Å². The Morgan fingerprint density at radius 2 is 0.650 bits per heavy atom. The fourth-order valence-electron chi connectivity index (χ4n) is 11.9. The smallest absolute Gasteiger partial charge is 0.309 e. The number of aromatic nitrogens is 6. The first-order valence-electron chi connectivity index (χ1n) is 26.6. The fourth-order valence-corrected chi connectivity index (χ4v) is 11.9. The largest absolute Gasteiger partial charge is 0.416 e. The van der Waals surface area contributed by atoms with Gasteiger partial charge in [-0.1, -0.05) is 175 Å². The molecule has 0 radical (unpaired) electrons. The molecule has 0 unspecified atom stereocenters. The molecule has 380 valence electrons. The summed E-state index contributed by atoms with van der Waals surface area (Å²) in [4.78, 5) is 15.4. The Labute approximate surface area is 457 Å². The molecule has 11 aromatic carbocycles. The van der Waals surface area contributed by atoms with Crippen molar-refractivity contribution in [2.75, 3.05) is 0 Å². The lowest BCUT2D eigenvalue weighted by Gasteiger charge is -2.21. The van der Waals surface area contributed by atoms with E-state index in [1.165, 1.54) is 12.1 Å². The normalized spacial score (nSPS) is 12.0. The van der Waals surface area contributed by atoms with Gasteiger partial charge in [-0.25, -0.2) is 15.0 Å². The first-order chi connectivity index (χ1) is 39.2. The van der Waals surface area contributed by atoms with Crippen LogP contribution in [0.25, 0.3) is 139 Å². The molecule has 15 rings (SSSR count). The fraction of sp³-hybridized carbons (Fsp3) is 0.0282. The maximum atomic E-state index is 14.5. The first-order valence-corrected chi connectivity index (χ1v) is 26.6. The van der Waals surface area contributed by atoms with Crippen molar-refractivity contribution < 1.29 is 13.2 Å². The van der Waals surface area contributed by atoms with Gasteiger partial charge in [-0.05, 0) is 103 Å². The van der Waals surface area contributed by atoms with Crippen molar-refractivity contribution in [1.29, 1.82) is 0 Å². The van der Waals surface area contributed by atoms with Gasteiger partial charge in [0.2, 0.25) is 0 Å². The van der Waals surface area contributed by atoms with E-state index in [1.807, 2.05) is 66.7 Å². The predicted octanol–water partition coefficient (Wildman–Crippen LogP) is 18.8. The summed E-state index contributed by atoms with van der Waals surface area (Å²) in [7, 11) is 0.